The maximum absolute atomic E-state index is 13.0. The van der Waals surface area contributed by atoms with Crippen LogP contribution in [0.25, 0.3) is 11.3 Å². The number of hydrogen-bond donors (Lipinski definition) is 1. The molecule has 0 spiro atoms. The average molecular weight is 498 g/mol. The van der Waals surface area contributed by atoms with Crippen molar-refractivity contribution in [3.8, 4) is 17.1 Å². The largest absolute Gasteiger partial charge is 0.490 e. The van der Waals surface area contributed by atoms with Crippen LogP contribution in [0.1, 0.15) is 36.8 Å². The highest BCUT2D eigenvalue weighted by molar-refractivity contribution is 7.89. The van der Waals surface area contributed by atoms with Gasteiger partial charge >= 0.3 is 0 Å². The van der Waals surface area contributed by atoms with Crippen LogP contribution in [0.5, 0.6) is 5.75 Å². The van der Waals surface area contributed by atoms with E-state index in [-0.39, 0.29) is 28.9 Å². The zero-order valence-electron chi connectivity index (χ0n) is 19.7. The first-order chi connectivity index (χ1) is 16.7. The molecule has 3 aromatic rings. The van der Waals surface area contributed by atoms with Crippen LogP contribution in [0.2, 0.25) is 0 Å². The second-order valence-electron chi connectivity index (χ2n) is 9.09. The molecule has 1 aromatic heterocycles. The molecule has 1 saturated heterocycles. The third-order valence-corrected chi connectivity index (χ3v) is 7.91. The highest BCUT2D eigenvalue weighted by atomic mass is 32.2. The van der Waals surface area contributed by atoms with Crippen LogP contribution in [0.4, 0.5) is 5.69 Å². The van der Waals surface area contributed by atoms with Gasteiger partial charge in [0.15, 0.2) is 11.5 Å². The standard InChI is InChI=1S/C25H27N3O6S/c1-15-10-19-11-18(4-9-23(19)33-15)24-12-22(27-34-24)25(29)26-20-5-7-21(8-6-20)35(30,31)28-13-16(2)32-17(3)14-28/h4-9,11-12,15-17H,10,13-14H2,1-3H3,(H,26,29)/t15-,16-,17+/m0/s1. The SMILES string of the molecule is C[C@@H]1CN(S(=O)(=O)c2ccc(NC(=O)c3cc(-c4ccc5c(c4)C[C@H](C)O5)on3)cc2)C[C@H](C)O1. The summed E-state index contributed by atoms with van der Waals surface area (Å²) in [6.07, 6.45) is 0.611. The van der Waals surface area contributed by atoms with Gasteiger partial charge in [0.2, 0.25) is 10.0 Å². The van der Waals surface area contributed by atoms with Gasteiger partial charge in [-0.1, -0.05) is 5.16 Å². The molecule has 1 fully saturated rings. The summed E-state index contributed by atoms with van der Waals surface area (Å²) in [5.74, 6) is 0.888. The van der Waals surface area contributed by atoms with E-state index in [0.29, 0.717) is 24.5 Å². The number of aromatic nitrogens is 1. The molecule has 1 N–H and O–H groups in total. The van der Waals surface area contributed by atoms with E-state index in [9.17, 15) is 13.2 Å². The van der Waals surface area contributed by atoms with E-state index in [1.54, 1.807) is 18.2 Å². The van der Waals surface area contributed by atoms with Gasteiger partial charge in [0.1, 0.15) is 11.9 Å². The van der Waals surface area contributed by atoms with Crippen molar-refractivity contribution < 1.29 is 27.2 Å². The number of sulfonamides is 1. The maximum atomic E-state index is 13.0. The molecule has 0 unspecified atom stereocenters. The molecule has 0 radical (unpaired) electrons. The van der Waals surface area contributed by atoms with Gasteiger partial charge in [-0.15, -0.1) is 0 Å². The molecule has 0 aliphatic carbocycles. The van der Waals surface area contributed by atoms with E-state index in [4.69, 9.17) is 14.0 Å². The lowest BCUT2D eigenvalue weighted by Gasteiger charge is -2.34. The molecule has 9 nitrogen and oxygen atoms in total. The van der Waals surface area contributed by atoms with Gasteiger partial charge in [-0.05, 0) is 68.8 Å². The molecule has 35 heavy (non-hydrogen) atoms. The Morgan fingerprint density at radius 3 is 2.43 bits per heavy atom. The molecule has 5 rings (SSSR count). The number of fused-ring (bicyclic) bond motifs is 1. The molecular formula is C25H27N3O6S. The third-order valence-electron chi connectivity index (χ3n) is 6.06. The second-order valence-corrected chi connectivity index (χ2v) is 11.0. The number of rotatable bonds is 5. The number of carbonyl (C=O) groups is 1. The number of morpholine rings is 1. The third kappa shape index (κ3) is 4.82. The highest BCUT2D eigenvalue weighted by Gasteiger charge is 2.32. The summed E-state index contributed by atoms with van der Waals surface area (Å²) in [5.41, 5.74) is 2.48. The number of nitrogens with zero attached hydrogens (tertiary/aromatic N) is 2. The Morgan fingerprint density at radius 1 is 1.00 bits per heavy atom. The second kappa shape index (κ2) is 9.10. The lowest BCUT2D eigenvalue weighted by molar-refractivity contribution is -0.0440. The molecule has 184 valence electrons. The van der Waals surface area contributed by atoms with Crippen molar-refractivity contribution in [2.24, 2.45) is 0 Å². The molecule has 0 saturated carbocycles. The Kier molecular flexibility index (Phi) is 6.12. The molecule has 2 aliphatic rings. The molecule has 2 aromatic carbocycles. The Hall–Kier alpha value is -3.21. The van der Waals surface area contributed by atoms with E-state index in [1.807, 2.05) is 39.0 Å². The van der Waals surface area contributed by atoms with Crippen molar-refractivity contribution in [3.63, 3.8) is 0 Å². The number of carbonyl (C=O) groups excluding carboxylic acids is 1. The van der Waals surface area contributed by atoms with Gasteiger partial charge in [-0.2, -0.15) is 4.31 Å². The minimum absolute atomic E-state index is 0.123. The Morgan fingerprint density at radius 2 is 1.71 bits per heavy atom. The first kappa shape index (κ1) is 23.5. The lowest BCUT2D eigenvalue weighted by Crippen LogP contribution is -2.48. The van der Waals surface area contributed by atoms with Crippen LogP contribution in [0, 0.1) is 0 Å². The number of benzene rings is 2. The molecule has 3 atom stereocenters. The Labute approximate surface area is 204 Å². The van der Waals surface area contributed by atoms with E-state index < -0.39 is 15.9 Å². The average Bonchev–Trinajstić information content (AvgIpc) is 3.44. The van der Waals surface area contributed by atoms with Crippen LogP contribution < -0.4 is 10.1 Å². The van der Waals surface area contributed by atoms with Gasteiger partial charge in [-0.25, -0.2) is 8.42 Å². The number of hydrogen-bond acceptors (Lipinski definition) is 7. The van der Waals surface area contributed by atoms with E-state index >= 15 is 0 Å². The molecule has 2 aliphatic heterocycles. The van der Waals surface area contributed by atoms with E-state index in [0.717, 1.165) is 23.3 Å². The summed E-state index contributed by atoms with van der Waals surface area (Å²) in [6.45, 7) is 6.32. The molecule has 1 amide bonds. The fourth-order valence-electron chi connectivity index (χ4n) is 4.47. The predicted octanol–water partition coefficient (Wildman–Crippen LogP) is 3.72. The lowest BCUT2D eigenvalue weighted by atomic mass is 10.1. The first-order valence-electron chi connectivity index (χ1n) is 11.5. The minimum Gasteiger partial charge on any atom is -0.490 e. The van der Waals surface area contributed by atoms with Crippen molar-refractivity contribution >= 4 is 21.6 Å². The van der Waals surface area contributed by atoms with Crippen LogP contribution >= 0.6 is 0 Å². The van der Waals surface area contributed by atoms with Gasteiger partial charge in [-0.3, -0.25) is 4.79 Å². The Bertz CT molecular complexity index is 1340. The van der Waals surface area contributed by atoms with Crippen LogP contribution in [-0.2, 0) is 21.2 Å². The number of anilines is 1. The van der Waals surface area contributed by atoms with Crippen LogP contribution in [0.15, 0.2) is 57.9 Å². The molecule has 3 heterocycles. The summed E-state index contributed by atoms with van der Waals surface area (Å²) in [4.78, 5) is 12.9. The predicted molar refractivity (Wildman–Crippen MR) is 129 cm³/mol. The van der Waals surface area contributed by atoms with Crippen molar-refractivity contribution in [1.82, 2.24) is 9.46 Å². The zero-order chi connectivity index (χ0) is 24.7. The summed E-state index contributed by atoms with van der Waals surface area (Å²) in [7, 11) is -3.66. The number of ether oxygens (including phenoxy) is 2. The van der Waals surface area contributed by atoms with Crippen molar-refractivity contribution in [1.29, 1.82) is 0 Å². The summed E-state index contributed by atoms with van der Waals surface area (Å²) in [5, 5.41) is 6.63. The summed E-state index contributed by atoms with van der Waals surface area (Å²) < 4.78 is 44.2. The minimum atomic E-state index is -3.66. The highest BCUT2D eigenvalue weighted by Crippen LogP contribution is 2.33. The first-order valence-corrected chi connectivity index (χ1v) is 13.0. The summed E-state index contributed by atoms with van der Waals surface area (Å²) >= 11 is 0. The normalized spacial score (nSPS) is 22.4. The monoisotopic (exact) mass is 497 g/mol. The van der Waals surface area contributed by atoms with Crippen molar-refractivity contribution in [2.75, 3.05) is 18.4 Å². The summed E-state index contributed by atoms with van der Waals surface area (Å²) in [6, 6.07) is 13.4. The number of nitrogens with one attached hydrogen (secondary N) is 1. The fourth-order valence-corrected chi connectivity index (χ4v) is 6.07. The quantitative estimate of drug-likeness (QED) is 0.572. The van der Waals surface area contributed by atoms with Crippen molar-refractivity contribution in [2.45, 2.75) is 50.4 Å². The molecule has 0 bridgehead atoms. The molecular weight excluding hydrogens is 470 g/mol. The van der Waals surface area contributed by atoms with E-state index in [1.165, 1.54) is 16.4 Å². The van der Waals surface area contributed by atoms with E-state index in [2.05, 4.69) is 10.5 Å². The van der Waals surface area contributed by atoms with Crippen molar-refractivity contribution in [3.05, 3.63) is 59.8 Å². The van der Waals surface area contributed by atoms with Gasteiger partial charge in [0, 0.05) is 36.8 Å². The van der Waals surface area contributed by atoms with Gasteiger partial charge in [0.25, 0.3) is 5.91 Å². The topological polar surface area (TPSA) is 111 Å². The van der Waals surface area contributed by atoms with Crippen LogP contribution in [-0.4, -0.2) is 55.2 Å². The number of amides is 1. The maximum Gasteiger partial charge on any atom is 0.277 e. The van der Waals surface area contributed by atoms with Gasteiger partial charge in [0.05, 0.1) is 17.1 Å². The zero-order valence-corrected chi connectivity index (χ0v) is 20.5. The van der Waals surface area contributed by atoms with Crippen LogP contribution in [0.3, 0.4) is 0 Å². The fraction of sp³-hybridized carbons (Fsp3) is 0.360. The van der Waals surface area contributed by atoms with Gasteiger partial charge < -0.3 is 19.3 Å². The smallest absolute Gasteiger partial charge is 0.277 e. The Balaban J connectivity index is 1.26. The molecule has 10 heteroatoms.